The molecule has 0 bridgehead atoms. The summed E-state index contributed by atoms with van der Waals surface area (Å²) in [5.74, 6) is 0.278. The first-order valence-corrected chi connectivity index (χ1v) is 7.64. The molecule has 1 aromatic carbocycles. The Kier molecular flexibility index (Phi) is 6.09. The molecule has 122 valence electrons. The van der Waals surface area contributed by atoms with E-state index in [0.717, 1.165) is 11.6 Å². The second-order valence-electron chi connectivity index (χ2n) is 5.50. The highest BCUT2D eigenvalue weighted by Gasteiger charge is 2.26. The van der Waals surface area contributed by atoms with Gasteiger partial charge in [0.15, 0.2) is 0 Å². The summed E-state index contributed by atoms with van der Waals surface area (Å²) in [5.41, 5.74) is 0.985. The first-order chi connectivity index (χ1) is 11.1. The molecule has 1 aliphatic rings. The van der Waals surface area contributed by atoms with Gasteiger partial charge in [-0.2, -0.15) is 0 Å². The maximum atomic E-state index is 11.5. The molecule has 1 fully saturated rings. The standard InChI is InChI=1S/C18H20O5/c1-2-18(21)23-9-3-8-22-17-6-4-13(5-7-17)14-10-15(19)12-16(20)11-14/h2,4-7,14H,1,3,8-12H2. The molecule has 5 heteroatoms. The Morgan fingerprint density at radius 1 is 1.13 bits per heavy atom. The number of ketones is 2. The predicted octanol–water partition coefficient (Wildman–Crippen LogP) is 2.59. The number of Topliss-reactive ketones (excluding diaryl/α,β-unsaturated/α-hetero) is 2. The summed E-state index contributed by atoms with van der Waals surface area (Å²) in [6.07, 6.45) is 2.66. The Bertz CT molecular complexity index is 572. The van der Waals surface area contributed by atoms with Crippen molar-refractivity contribution < 1.29 is 23.9 Å². The van der Waals surface area contributed by atoms with E-state index in [1.54, 1.807) is 0 Å². The van der Waals surface area contributed by atoms with Crippen LogP contribution < -0.4 is 4.74 Å². The lowest BCUT2D eigenvalue weighted by Gasteiger charge is -2.20. The first kappa shape index (κ1) is 16.9. The molecule has 0 spiro atoms. The van der Waals surface area contributed by atoms with Crippen LogP contribution in [0, 0.1) is 0 Å². The SMILES string of the molecule is C=CC(=O)OCCCOc1ccc(C2CC(=O)CC(=O)C2)cc1. The van der Waals surface area contributed by atoms with Gasteiger partial charge in [0.25, 0.3) is 0 Å². The van der Waals surface area contributed by atoms with Crippen molar-refractivity contribution in [1.82, 2.24) is 0 Å². The maximum Gasteiger partial charge on any atom is 0.330 e. The van der Waals surface area contributed by atoms with Crippen molar-refractivity contribution in [3.05, 3.63) is 42.5 Å². The van der Waals surface area contributed by atoms with E-state index in [0.29, 0.717) is 31.6 Å². The summed E-state index contributed by atoms with van der Waals surface area (Å²) in [7, 11) is 0. The van der Waals surface area contributed by atoms with E-state index < -0.39 is 5.97 Å². The van der Waals surface area contributed by atoms with Gasteiger partial charge in [-0.1, -0.05) is 18.7 Å². The second kappa shape index (κ2) is 8.27. The fourth-order valence-electron chi connectivity index (χ4n) is 2.54. The van der Waals surface area contributed by atoms with Crippen LogP contribution in [0.3, 0.4) is 0 Å². The minimum atomic E-state index is -0.439. The number of carbonyl (C=O) groups excluding carboxylic acids is 3. The van der Waals surface area contributed by atoms with Gasteiger partial charge in [-0.3, -0.25) is 9.59 Å². The monoisotopic (exact) mass is 316 g/mol. The molecule has 1 saturated carbocycles. The van der Waals surface area contributed by atoms with Crippen molar-refractivity contribution in [1.29, 1.82) is 0 Å². The Balaban J connectivity index is 1.78. The van der Waals surface area contributed by atoms with E-state index in [1.807, 2.05) is 24.3 Å². The second-order valence-corrected chi connectivity index (χ2v) is 5.50. The Hall–Kier alpha value is -2.43. The van der Waals surface area contributed by atoms with Gasteiger partial charge >= 0.3 is 5.97 Å². The van der Waals surface area contributed by atoms with E-state index in [4.69, 9.17) is 9.47 Å². The lowest BCUT2D eigenvalue weighted by molar-refractivity contribution is -0.138. The van der Waals surface area contributed by atoms with Crippen molar-refractivity contribution in [3.8, 4) is 5.75 Å². The normalized spacial score (nSPS) is 15.3. The van der Waals surface area contributed by atoms with Crippen LogP contribution >= 0.6 is 0 Å². The van der Waals surface area contributed by atoms with Gasteiger partial charge in [0.2, 0.25) is 0 Å². The van der Waals surface area contributed by atoms with Crippen LogP contribution in [-0.4, -0.2) is 30.7 Å². The molecule has 0 unspecified atom stereocenters. The molecular weight excluding hydrogens is 296 g/mol. The lowest BCUT2D eigenvalue weighted by Crippen LogP contribution is -2.21. The molecule has 0 aliphatic heterocycles. The van der Waals surface area contributed by atoms with E-state index in [1.165, 1.54) is 0 Å². The highest BCUT2D eigenvalue weighted by atomic mass is 16.5. The van der Waals surface area contributed by atoms with Crippen molar-refractivity contribution in [3.63, 3.8) is 0 Å². The zero-order chi connectivity index (χ0) is 16.7. The number of carbonyl (C=O) groups is 3. The van der Waals surface area contributed by atoms with E-state index >= 15 is 0 Å². The van der Waals surface area contributed by atoms with Gasteiger partial charge in [0.1, 0.15) is 17.3 Å². The number of rotatable bonds is 7. The summed E-state index contributed by atoms with van der Waals surface area (Å²) >= 11 is 0. The molecule has 0 amide bonds. The van der Waals surface area contributed by atoms with Crippen LogP contribution in [0.15, 0.2) is 36.9 Å². The summed E-state index contributed by atoms with van der Waals surface area (Å²) in [6.45, 7) is 4.04. The molecule has 0 atom stereocenters. The molecule has 0 heterocycles. The van der Waals surface area contributed by atoms with E-state index in [9.17, 15) is 14.4 Å². The number of esters is 1. The third-order valence-electron chi connectivity index (χ3n) is 3.66. The van der Waals surface area contributed by atoms with Crippen LogP contribution in [0.25, 0.3) is 0 Å². The average Bonchev–Trinajstić information content (AvgIpc) is 2.54. The molecule has 1 aliphatic carbocycles. The first-order valence-electron chi connectivity index (χ1n) is 7.64. The summed E-state index contributed by atoms with van der Waals surface area (Å²) < 4.78 is 10.4. The number of hydrogen-bond acceptors (Lipinski definition) is 5. The molecule has 0 N–H and O–H groups in total. The maximum absolute atomic E-state index is 11.5. The van der Waals surface area contributed by atoms with Crippen molar-refractivity contribution in [2.24, 2.45) is 0 Å². The number of hydrogen-bond donors (Lipinski definition) is 0. The molecule has 0 aromatic heterocycles. The smallest absolute Gasteiger partial charge is 0.330 e. The Morgan fingerprint density at radius 2 is 1.78 bits per heavy atom. The minimum Gasteiger partial charge on any atom is -0.493 e. The van der Waals surface area contributed by atoms with Gasteiger partial charge in [-0.15, -0.1) is 0 Å². The quantitative estimate of drug-likeness (QED) is 0.335. The summed E-state index contributed by atoms with van der Waals surface area (Å²) in [6, 6.07) is 7.44. The van der Waals surface area contributed by atoms with Gasteiger partial charge in [0, 0.05) is 25.3 Å². The van der Waals surface area contributed by atoms with Crippen LogP contribution in [0.2, 0.25) is 0 Å². The number of ether oxygens (including phenoxy) is 2. The summed E-state index contributed by atoms with van der Waals surface area (Å²) in [4.78, 5) is 33.9. The molecule has 23 heavy (non-hydrogen) atoms. The zero-order valence-corrected chi connectivity index (χ0v) is 13.0. The third-order valence-corrected chi connectivity index (χ3v) is 3.66. The van der Waals surface area contributed by atoms with Crippen LogP contribution in [-0.2, 0) is 19.1 Å². The molecule has 0 saturated heterocycles. The Labute approximate surface area is 135 Å². The Morgan fingerprint density at radius 3 is 2.39 bits per heavy atom. The highest BCUT2D eigenvalue weighted by molar-refractivity contribution is 6.02. The molecule has 1 aromatic rings. The molecule has 0 radical (unpaired) electrons. The largest absolute Gasteiger partial charge is 0.493 e. The fourth-order valence-corrected chi connectivity index (χ4v) is 2.54. The van der Waals surface area contributed by atoms with Gasteiger partial charge < -0.3 is 9.47 Å². The average molecular weight is 316 g/mol. The topological polar surface area (TPSA) is 69.7 Å². The van der Waals surface area contributed by atoms with Gasteiger partial charge in [-0.05, 0) is 23.6 Å². The van der Waals surface area contributed by atoms with Crippen molar-refractivity contribution >= 4 is 17.5 Å². The molecular formula is C18H20O5. The summed E-state index contributed by atoms with van der Waals surface area (Å²) in [5, 5.41) is 0. The molecule has 5 nitrogen and oxygen atoms in total. The lowest BCUT2D eigenvalue weighted by atomic mass is 9.83. The van der Waals surface area contributed by atoms with Crippen molar-refractivity contribution in [2.45, 2.75) is 31.6 Å². The van der Waals surface area contributed by atoms with Crippen LogP contribution in [0.4, 0.5) is 0 Å². The zero-order valence-electron chi connectivity index (χ0n) is 13.0. The third kappa shape index (κ3) is 5.36. The van der Waals surface area contributed by atoms with Crippen molar-refractivity contribution in [2.75, 3.05) is 13.2 Å². The fraction of sp³-hybridized carbons (Fsp3) is 0.389. The molecule has 2 rings (SSSR count). The van der Waals surface area contributed by atoms with Gasteiger partial charge in [-0.25, -0.2) is 4.79 Å². The van der Waals surface area contributed by atoms with Gasteiger partial charge in [0.05, 0.1) is 19.6 Å². The predicted molar refractivity (Wildman–Crippen MR) is 84.3 cm³/mol. The van der Waals surface area contributed by atoms with Crippen LogP contribution in [0.5, 0.6) is 5.75 Å². The number of benzene rings is 1. The van der Waals surface area contributed by atoms with E-state index in [2.05, 4.69) is 6.58 Å². The highest BCUT2D eigenvalue weighted by Crippen LogP contribution is 2.30. The van der Waals surface area contributed by atoms with E-state index in [-0.39, 0.29) is 30.5 Å². The minimum absolute atomic E-state index is 0.0145. The van der Waals surface area contributed by atoms with Crippen LogP contribution in [0.1, 0.15) is 37.2 Å².